The summed E-state index contributed by atoms with van der Waals surface area (Å²) in [6.45, 7) is 2.18. The van der Waals surface area contributed by atoms with Crippen LogP contribution >= 0.6 is 23.1 Å². The molecule has 3 heteroatoms. The Morgan fingerprint density at radius 3 is 2.71 bits per heavy atom. The van der Waals surface area contributed by atoms with Crippen LogP contribution in [-0.2, 0) is 0 Å². The van der Waals surface area contributed by atoms with E-state index >= 15 is 0 Å². The lowest BCUT2D eigenvalue weighted by molar-refractivity contribution is 1.05. The molecule has 2 aromatic rings. The largest absolute Gasteiger partial charge is 0.241 e. The van der Waals surface area contributed by atoms with Crippen molar-refractivity contribution in [2.75, 3.05) is 5.75 Å². The van der Waals surface area contributed by atoms with Crippen molar-refractivity contribution in [2.45, 2.75) is 30.6 Å². The van der Waals surface area contributed by atoms with E-state index in [1.807, 2.05) is 11.8 Å². The van der Waals surface area contributed by atoms with Crippen LogP contribution in [0.2, 0.25) is 0 Å². The highest BCUT2D eigenvalue weighted by molar-refractivity contribution is 7.99. The Morgan fingerprint density at radius 1 is 1.29 bits per heavy atom. The van der Waals surface area contributed by atoms with Gasteiger partial charge in [-0.25, -0.2) is 4.98 Å². The lowest BCUT2D eigenvalue weighted by atomic mass is 10.2. The van der Waals surface area contributed by atoms with Gasteiger partial charge >= 0.3 is 0 Å². The summed E-state index contributed by atoms with van der Waals surface area (Å²) < 4.78 is 0. The van der Waals surface area contributed by atoms with E-state index < -0.39 is 0 Å². The number of rotatable bonds is 4. The fraction of sp³-hybridized carbons (Fsp3) is 0.357. The smallest absolute Gasteiger partial charge is 0.123 e. The number of hydrogen-bond donors (Lipinski definition) is 0. The van der Waals surface area contributed by atoms with Gasteiger partial charge in [0.25, 0.3) is 0 Å². The quantitative estimate of drug-likeness (QED) is 0.733. The Balaban J connectivity index is 1.81. The SMILES string of the molecule is CCSc1ccc(-c2nc(C3CC3)cs2)cc1. The molecule has 0 radical (unpaired) electrons. The number of aromatic nitrogens is 1. The standard InChI is InChI=1S/C14H15NS2/c1-2-16-12-7-5-11(6-8-12)14-15-13(9-17-14)10-3-4-10/h5-10H,2-4H2,1H3. The van der Waals surface area contributed by atoms with E-state index in [0.717, 1.165) is 11.7 Å². The molecule has 0 bridgehead atoms. The first-order valence-electron chi connectivity index (χ1n) is 6.05. The predicted octanol–water partition coefficient (Wildman–Crippen LogP) is 4.80. The summed E-state index contributed by atoms with van der Waals surface area (Å²) in [5.41, 5.74) is 2.55. The first-order chi connectivity index (χ1) is 8.36. The van der Waals surface area contributed by atoms with E-state index in [4.69, 9.17) is 4.98 Å². The Labute approximate surface area is 110 Å². The summed E-state index contributed by atoms with van der Waals surface area (Å²) in [7, 11) is 0. The van der Waals surface area contributed by atoms with Gasteiger partial charge in [0.1, 0.15) is 5.01 Å². The molecule has 0 aliphatic heterocycles. The highest BCUT2D eigenvalue weighted by Crippen LogP contribution is 2.41. The van der Waals surface area contributed by atoms with Crippen LogP contribution in [-0.4, -0.2) is 10.7 Å². The molecule has 0 unspecified atom stereocenters. The van der Waals surface area contributed by atoms with Gasteiger partial charge in [-0.3, -0.25) is 0 Å². The number of thiazole rings is 1. The fourth-order valence-corrected chi connectivity index (χ4v) is 3.42. The molecular formula is C14H15NS2. The minimum absolute atomic E-state index is 0.759. The minimum Gasteiger partial charge on any atom is -0.241 e. The first-order valence-corrected chi connectivity index (χ1v) is 7.92. The average molecular weight is 261 g/mol. The Kier molecular flexibility index (Phi) is 3.21. The summed E-state index contributed by atoms with van der Waals surface area (Å²) in [5, 5.41) is 3.39. The van der Waals surface area contributed by atoms with Crippen molar-refractivity contribution in [1.29, 1.82) is 0 Å². The molecule has 0 N–H and O–H groups in total. The molecule has 88 valence electrons. The molecule has 0 spiro atoms. The van der Waals surface area contributed by atoms with E-state index in [1.165, 1.54) is 34.0 Å². The predicted molar refractivity (Wildman–Crippen MR) is 75.9 cm³/mol. The van der Waals surface area contributed by atoms with E-state index in [0.29, 0.717) is 0 Å². The molecule has 3 rings (SSSR count). The maximum atomic E-state index is 4.73. The summed E-state index contributed by atoms with van der Waals surface area (Å²) >= 11 is 3.65. The van der Waals surface area contributed by atoms with Gasteiger partial charge in [0, 0.05) is 21.8 Å². The second-order valence-electron chi connectivity index (χ2n) is 4.31. The number of nitrogens with zero attached hydrogens (tertiary/aromatic N) is 1. The third-order valence-electron chi connectivity index (χ3n) is 2.93. The van der Waals surface area contributed by atoms with Crippen molar-refractivity contribution >= 4 is 23.1 Å². The van der Waals surface area contributed by atoms with Gasteiger partial charge in [0.2, 0.25) is 0 Å². The lowest BCUT2D eigenvalue weighted by Gasteiger charge is -2.00. The third kappa shape index (κ3) is 2.55. The minimum atomic E-state index is 0.759. The first kappa shape index (κ1) is 11.3. The van der Waals surface area contributed by atoms with Gasteiger partial charge in [-0.2, -0.15) is 0 Å². The van der Waals surface area contributed by atoms with Crippen LogP contribution in [0.15, 0.2) is 34.5 Å². The van der Waals surface area contributed by atoms with E-state index in [-0.39, 0.29) is 0 Å². The maximum absolute atomic E-state index is 4.73. The average Bonchev–Trinajstić information content (AvgIpc) is 3.09. The van der Waals surface area contributed by atoms with Crippen LogP contribution in [0.3, 0.4) is 0 Å². The van der Waals surface area contributed by atoms with Crippen LogP contribution < -0.4 is 0 Å². The van der Waals surface area contributed by atoms with Crippen LogP contribution in [0.5, 0.6) is 0 Å². The number of thioether (sulfide) groups is 1. The van der Waals surface area contributed by atoms with Crippen molar-refractivity contribution in [3.63, 3.8) is 0 Å². The zero-order valence-corrected chi connectivity index (χ0v) is 11.5. The Bertz CT molecular complexity index is 497. The summed E-state index contributed by atoms with van der Waals surface area (Å²) in [6, 6.07) is 8.77. The topological polar surface area (TPSA) is 12.9 Å². The summed E-state index contributed by atoms with van der Waals surface area (Å²) in [4.78, 5) is 6.07. The van der Waals surface area contributed by atoms with Crippen LogP contribution in [0.25, 0.3) is 10.6 Å². The van der Waals surface area contributed by atoms with Gasteiger partial charge in [-0.05, 0) is 30.7 Å². The molecule has 1 heterocycles. The molecule has 1 nitrogen and oxygen atoms in total. The molecule has 1 fully saturated rings. The van der Waals surface area contributed by atoms with Gasteiger partial charge in [0.15, 0.2) is 0 Å². The van der Waals surface area contributed by atoms with Crippen LogP contribution in [0, 0.1) is 0 Å². The van der Waals surface area contributed by atoms with Gasteiger partial charge in [-0.15, -0.1) is 23.1 Å². The van der Waals surface area contributed by atoms with E-state index in [9.17, 15) is 0 Å². The van der Waals surface area contributed by atoms with Crippen molar-refractivity contribution in [2.24, 2.45) is 0 Å². The molecule has 0 saturated heterocycles. The third-order valence-corrected chi connectivity index (χ3v) is 4.73. The zero-order valence-electron chi connectivity index (χ0n) is 9.85. The van der Waals surface area contributed by atoms with E-state index in [2.05, 4.69) is 36.6 Å². The highest BCUT2D eigenvalue weighted by atomic mass is 32.2. The molecule has 1 aromatic heterocycles. The Hall–Kier alpha value is -0.800. The molecule has 1 aromatic carbocycles. The van der Waals surface area contributed by atoms with Crippen molar-refractivity contribution < 1.29 is 0 Å². The molecule has 0 amide bonds. The summed E-state index contributed by atoms with van der Waals surface area (Å²) in [6.07, 6.45) is 2.66. The second kappa shape index (κ2) is 4.83. The maximum Gasteiger partial charge on any atom is 0.123 e. The van der Waals surface area contributed by atoms with Gasteiger partial charge in [-0.1, -0.05) is 19.1 Å². The second-order valence-corrected chi connectivity index (χ2v) is 6.50. The molecule has 0 atom stereocenters. The van der Waals surface area contributed by atoms with E-state index in [1.54, 1.807) is 11.3 Å². The summed E-state index contributed by atoms with van der Waals surface area (Å²) in [5.74, 6) is 1.89. The number of hydrogen-bond acceptors (Lipinski definition) is 3. The van der Waals surface area contributed by atoms with Gasteiger partial charge in [0.05, 0.1) is 5.69 Å². The number of benzene rings is 1. The van der Waals surface area contributed by atoms with Crippen LogP contribution in [0.4, 0.5) is 0 Å². The Morgan fingerprint density at radius 2 is 2.06 bits per heavy atom. The monoisotopic (exact) mass is 261 g/mol. The lowest BCUT2D eigenvalue weighted by Crippen LogP contribution is -1.80. The molecular weight excluding hydrogens is 246 g/mol. The van der Waals surface area contributed by atoms with Crippen molar-refractivity contribution in [3.8, 4) is 10.6 Å². The normalized spacial score (nSPS) is 15.1. The molecule has 1 saturated carbocycles. The van der Waals surface area contributed by atoms with Crippen LogP contribution in [0.1, 0.15) is 31.4 Å². The molecule has 1 aliphatic carbocycles. The molecule has 17 heavy (non-hydrogen) atoms. The van der Waals surface area contributed by atoms with Crippen molar-refractivity contribution in [3.05, 3.63) is 35.3 Å². The van der Waals surface area contributed by atoms with Crippen molar-refractivity contribution in [1.82, 2.24) is 4.98 Å². The molecule has 1 aliphatic rings. The fourth-order valence-electron chi connectivity index (χ4n) is 1.85. The van der Waals surface area contributed by atoms with Gasteiger partial charge < -0.3 is 0 Å². The highest BCUT2D eigenvalue weighted by Gasteiger charge is 2.26. The zero-order chi connectivity index (χ0) is 11.7.